The van der Waals surface area contributed by atoms with Crippen LogP contribution in [0.2, 0.25) is 5.02 Å². The van der Waals surface area contributed by atoms with Crippen LogP contribution in [0, 0.1) is 0 Å². The van der Waals surface area contributed by atoms with Crippen molar-refractivity contribution in [3.63, 3.8) is 0 Å². The normalized spacial score (nSPS) is 12.3. The van der Waals surface area contributed by atoms with Crippen LogP contribution < -0.4 is 0 Å². The van der Waals surface area contributed by atoms with E-state index in [1.807, 2.05) is 18.2 Å². The molecule has 0 spiro atoms. The van der Waals surface area contributed by atoms with Crippen LogP contribution in [0.1, 0.15) is 39.4 Å². The highest BCUT2D eigenvalue weighted by atomic mass is 35.5. The lowest BCUT2D eigenvalue weighted by atomic mass is 9.98. The van der Waals surface area contributed by atoms with Gasteiger partial charge in [-0.2, -0.15) is 0 Å². The molecule has 1 heterocycles. The third-order valence-electron chi connectivity index (χ3n) is 3.27. The van der Waals surface area contributed by atoms with Crippen molar-refractivity contribution in [3.8, 4) is 0 Å². The van der Waals surface area contributed by atoms with Gasteiger partial charge in [-0.3, -0.25) is 0 Å². The topological polar surface area (TPSA) is 17.8 Å². The Labute approximate surface area is 118 Å². The summed E-state index contributed by atoms with van der Waals surface area (Å²) < 4.78 is 2.25. The quantitative estimate of drug-likeness (QED) is 0.726. The molecule has 98 valence electrons. The SMILES string of the molecule is CCCC(C)(C)n1c(CCl)nc2cc(Cl)ccc21. The first-order chi connectivity index (χ1) is 8.49. The van der Waals surface area contributed by atoms with Gasteiger partial charge < -0.3 is 4.57 Å². The maximum Gasteiger partial charge on any atom is 0.125 e. The van der Waals surface area contributed by atoms with Gasteiger partial charge in [0.05, 0.1) is 16.9 Å². The van der Waals surface area contributed by atoms with Gasteiger partial charge in [-0.15, -0.1) is 11.6 Å². The van der Waals surface area contributed by atoms with Crippen molar-refractivity contribution in [2.75, 3.05) is 0 Å². The van der Waals surface area contributed by atoms with Crippen molar-refractivity contribution < 1.29 is 0 Å². The monoisotopic (exact) mass is 284 g/mol. The van der Waals surface area contributed by atoms with Crippen LogP contribution in [-0.4, -0.2) is 9.55 Å². The maximum absolute atomic E-state index is 6.03. The first-order valence-corrected chi connectivity index (χ1v) is 7.14. The predicted octanol–water partition coefficient (Wildman–Crippen LogP) is 4.96. The molecule has 0 aliphatic carbocycles. The van der Waals surface area contributed by atoms with Gasteiger partial charge in [0.15, 0.2) is 0 Å². The Bertz CT molecular complexity index is 558. The lowest BCUT2D eigenvalue weighted by Gasteiger charge is -2.29. The Hall–Kier alpha value is -0.730. The number of halogens is 2. The molecule has 0 saturated heterocycles. The Balaban J connectivity index is 2.67. The lowest BCUT2D eigenvalue weighted by molar-refractivity contribution is 0.326. The number of hydrogen-bond acceptors (Lipinski definition) is 1. The van der Waals surface area contributed by atoms with E-state index >= 15 is 0 Å². The van der Waals surface area contributed by atoms with Gasteiger partial charge in [-0.25, -0.2) is 4.98 Å². The Morgan fingerprint density at radius 2 is 2.06 bits per heavy atom. The van der Waals surface area contributed by atoms with Crippen molar-refractivity contribution in [3.05, 3.63) is 29.0 Å². The molecule has 0 amide bonds. The highest BCUT2D eigenvalue weighted by Crippen LogP contribution is 2.30. The zero-order valence-corrected chi connectivity index (χ0v) is 12.5. The molecule has 18 heavy (non-hydrogen) atoms. The van der Waals surface area contributed by atoms with E-state index in [2.05, 4.69) is 30.3 Å². The summed E-state index contributed by atoms with van der Waals surface area (Å²) in [6.07, 6.45) is 2.22. The van der Waals surface area contributed by atoms with Crippen LogP contribution in [0.25, 0.3) is 11.0 Å². The van der Waals surface area contributed by atoms with Gasteiger partial charge in [0.25, 0.3) is 0 Å². The fourth-order valence-electron chi connectivity index (χ4n) is 2.59. The van der Waals surface area contributed by atoms with Crippen LogP contribution in [0.5, 0.6) is 0 Å². The first-order valence-electron chi connectivity index (χ1n) is 6.23. The molecule has 2 aromatic rings. The fourth-order valence-corrected chi connectivity index (χ4v) is 2.94. The van der Waals surface area contributed by atoms with E-state index in [1.165, 1.54) is 0 Å². The standard InChI is InChI=1S/C14H18Cl2N2/c1-4-7-14(2,3)18-12-6-5-10(16)8-11(12)17-13(18)9-15/h5-6,8H,4,7,9H2,1-3H3. The number of fused-ring (bicyclic) bond motifs is 1. The molecule has 0 aliphatic rings. The average molecular weight is 285 g/mol. The van der Waals surface area contributed by atoms with Crippen LogP contribution in [-0.2, 0) is 11.4 Å². The number of benzene rings is 1. The minimum Gasteiger partial charge on any atom is -0.321 e. The van der Waals surface area contributed by atoms with Crippen molar-refractivity contribution in [1.82, 2.24) is 9.55 Å². The largest absolute Gasteiger partial charge is 0.321 e. The summed E-state index contributed by atoms with van der Waals surface area (Å²) in [5, 5.41) is 0.710. The number of nitrogens with zero attached hydrogens (tertiary/aromatic N) is 2. The molecule has 1 aromatic carbocycles. The second-order valence-electron chi connectivity index (χ2n) is 5.19. The summed E-state index contributed by atoms with van der Waals surface area (Å²) in [5.74, 6) is 1.33. The summed E-state index contributed by atoms with van der Waals surface area (Å²) in [6, 6.07) is 5.83. The number of alkyl halides is 1. The van der Waals surface area contributed by atoms with E-state index < -0.39 is 0 Å². The van der Waals surface area contributed by atoms with Crippen LogP contribution in [0.3, 0.4) is 0 Å². The molecule has 0 atom stereocenters. The summed E-state index contributed by atoms with van der Waals surface area (Å²) >= 11 is 12.0. The summed E-state index contributed by atoms with van der Waals surface area (Å²) in [7, 11) is 0. The molecule has 0 aliphatic heterocycles. The van der Waals surface area contributed by atoms with Crippen molar-refractivity contribution in [2.24, 2.45) is 0 Å². The molecule has 0 N–H and O–H groups in total. The molecule has 0 fully saturated rings. The second kappa shape index (κ2) is 5.10. The predicted molar refractivity (Wildman–Crippen MR) is 78.5 cm³/mol. The minimum atomic E-state index is 0.0154. The summed E-state index contributed by atoms with van der Waals surface area (Å²) in [6.45, 7) is 6.64. The summed E-state index contributed by atoms with van der Waals surface area (Å²) in [5.41, 5.74) is 2.04. The summed E-state index contributed by atoms with van der Waals surface area (Å²) in [4.78, 5) is 4.59. The first kappa shape index (κ1) is 13.7. The lowest BCUT2D eigenvalue weighted by Crippen LogP contribution is -2.27. The third kappa shape index (κ3) is 2.36. The minimum absolute atomic E-state index is 0.0154. The maximum atomic E-state index is 6.03. The van der Waals surface area contributed by atoms with Crippen LogP contribution in [0.15, 0.2) is 18.2 Å². The average Bonchev–Trinajstić information content (AvgIpc) is 2.66. The van der Waals surface area contributed by atoms with Gasteiger partial charge in [0.1, 0.15) is 5.82 Å². The van der Waals surface area contributed by atoms with Gasteiger partial charge in [-0.1, -0.05) is 24.9 Å². The molecule has 0 radical (unpaired) electrons. The van der Waals surface area contributed by atoms with Gasteiger partial charge in [0, 0.05) is 10.6 Å². The smallest absolute Gasteiger partial charge is 0.125 e. The van der Waals surface area contributed by atoms with E-state index in [4.69, 9.17) is 23.2 Å². The van der Waals surface area contributed by atoms with E-state index in [9.17, 15) is 0 Å². The third-order valence-corrected chi connectivity index (χ3v) is 3.75. The number of hydrogen-bond donors (Lipinski definition) is 0. The molecule has 2 nitrogen and oxygen atoms in total. The molecule has 0 unspecified atom stereocenters. The van der Waals surface area contributed by atoms with E-state index in [0.717, 1.165) is 29.7 Å². The fraction of sp³-hybridized carbons (Fsp3) is 0.500. The molecule has 4 heteroatoms. The Morgan fingerprint density at radius 3 is 2.67 bits per heavy atom. The molecule has 1 aromatic heterocycles. The zero-order valence-electron chi connectivity index (χ0n) is 11.0. The molecular weight excluding hydrogens is 267 g/mol. The van der Waals surface area contributed by atoms with E-state index in [0.29, 0.717) is 10.9 Å². The molecular formula is C14H18Cl2N2. The van der Waals surface area contributed by atoms with Crippen molar-refractivity contribution in [2.45, 2.75) is 45.0 Å². The van der Waals surface area contributed by atoms with E-state index in [1.54, 1.807) is 0 Å². The van der Waals surface area contributed by atoms with Crippen molar-refractivity contribution >= 4 is 34.2 Å². The van der Waals surface area contributed by atoms with Gasteiger partial charge in [0.2, 0.25) is 0 Å². The highest BCUT2D eigenvalue weighted by Gasteiger charge is 2.24. The zero-order chi connectivity index (χ0) is 13.3. The number of rotatable bonds is 4. The molecule has 0 bridgehead atoms. The Kier molecular flexibility index (Phi) is 3.88. The van der Waals surface area contributed by atoms with Crippen LogP contribution in [0.4, 0.5) is 0 Å². The van der Waals surface area contributed by atoms with E-state index in [-0.39, 0.29) is 5.54 Å². The van der Waals surface area contributed by atoms with Crippen LogP contribution >= 0.6 is 23.2 Å². The van der Waals surface area contributed by atoms with Gasteiger partial charge in [-0.05, 0) is 38.5 Å². The number of imidazole rings is 1. The molecule has 0 saturated carbocycles. The highest BCUT2D eigenvalue weighted by molar-refractivity contribution is 6.31. The molecule has 2 rings (SSSR count). The number of aromatic nitrogens is 2. The van der Waals surface area contributed by atoms with Crippen molar-refractivity contribution in [1.29, 1.82) is 0 Å². The second-order valence-corrected chi connectivity index (χ2v) is 5.90. The van der Waals surface area contributed by atoms with Gasteiger partial charge >= 0.3 is 0 Å². The Morgan fingerprint density at radius 1 is 1.33 bits per heavy atom.